The van der Waals surface area contributed by atoms with E-state index in [-0.39, 0.29) is 5.97 Å². The number of rotatable bonds is 2. The number of fused-ring (bicyclic) bond motifs is 2. The van der Waals surface area contributed by atoms with Gasteiger partial charge >= 0.3 is 5.97 Å². The summed E-state index contributed by atoms with van der Waals surface area (Å²) in [6, 6.07) is 22.2. The number of benzene rings is 3. The zero-order chi connectivity index (χ0) is 15.8. The number of carbonyl (C=O) groups excluding carboxylic acids is 1. The minimum absolute atomic E-state index is 0.357. The number of H-pyrrole nitrogens is 1. The first kappa shape index (κ1) is 13.6. The van der Waals surface area contributed by atoms with Crippen LogP contribution in [0.5, 0.6) is 0 Å². The van der Waals surface area contributed by atoms with Crippen molar-refractivity contribution in [2.45, 2.75) is 0 Å². The molecule has 0 spiro atoms. The van der Waals surface area contributed by atoms with E-state index in [9.17, 15) is 4.79 Å². The monoisotopic (exact) mass is 301 g/mol. The number of aromatic amines is 1. The maximum atomic E-state index is 12.3. The van der Waals surface area contributed by atoms with Crippen molar-refractivity contribution in [1.82, 2.24) is 4.98 Å². The standard InChI is InChI=1S/C20H15NO2/c1-23-20(22)19-18(16-10-4-5-12-17(16)21-19)15-11-6-8-13-7-2-3-9-14(13)15/h2-12,21H,1H3. The van der Waals surface area contributed by atoms with E-state index in [0.717, 1.165) is 32.8 Å². The lowest BCUT2D eigenvalue weighted by atomic mass is 9.96. The Hall–Kier alpha value is -3.07. The van der Waals surface area contributed by atoms with Crippen LogP contribution in [0.4, 0.5) is 0 Å². The summed E-state index contributed by atoms with van der Waals surface area (Å²) in [5.74, 6) is -0.357. The largest absolute Gasteiger partial charge is 0.464 e. The molecule has 0 bridgehead atoms. The number of hydrogen-bond donors (Lipinski definition) is 1. The number of aromatic nitrogens is 1. The zero-order valence-corrected chi connectivity index (χ0v) is 12.7. The fourth-order valence-corrected chi connectivity index (χ4v) is 3.12. The average Bonchev–Trinajstić information content (AvgIpc) is 3.00. The molecule has 23 heavy (non-hydrogen) atoms. The molecule has 1 aromatic heterocycles. The second-order valence-electron chi connectivity index (χ2n) is 5.44. The van der Waals surface area contributed by atoms with E-state index < -0.39 is 0 Å². The lowest BCUT2D eigenvalue weighted by Gasteiger charge is -2.08. The molecule has 3 nitrogen and oxygen atoms in total. The molecule has 4 rings (SSSR count). The molecule has 0 atom stereocenters. The van der Waals surface area contributed by atoms with E-state index in [1.54, 1.807) is 0 Å². The minimum Gasteiger partial charge on any atom is -0.464 e. The van der Waals surface area contributed by atoms with Gasteiger partial charge < -0.3 is 9.72 Å². The maximum absolute atomic E-state index is 12.3. The number of hydrogen-bond acceptors (Lipinski definition) is 2. The van der Waals surface area contributed by atoms with Gasteiger partial charge in [-0.1, -0.05) is 60.7 Å². The predicted molar refractivity (Wildman–Crippen MR) is 92.6 cm³/mol. The highest BCUT2D eigenvalue weighted by atomic mass is 16.5. The quantitative estimate of drug-likeness (QED) is 0.542. The van der Waals surface area contributed by atoms with Crippen LogP contribution in [0.15, 0.2) is 66.7 Å². The molecule has 0 radical (unpaired) electrons. The fourth-order valence-electron chi connectivity index (χ4n) is 3.12. The van der Waals surface area contributed by atoms with Gasteiger partial charge in [0, 0.05) is 16.5 Å². The van der Waals surface area contributed by atoms with Gasteiger partial charge in [0.15, 0.2) is 0 Å². The van der Waals surface area contributed by atoms with Crippen molar-refractivity contribution < 1.29 is 9.53 Å². The van der Waals surface area contributed by atoms with E-state index in [0.29, 0.717) is 5.69 Å². The second-order valence-corrected chi connectivity index (χ2v) is 5.44. The van der Waals surface area contributed by atoms with Crippen LogP contribution < -0.4 is 0 Å². The Labute approximate surface area is 133 Å². The van der Waals surface area contributed by atoms with E-state index >= 15 is 0 Å². The maximum Gasteiger partial charge on any atom is 0.355 e. The molecule has 3 aromatic carbocycles. The lowest BCUT2D eigenvalue weighted by molar-refractivity contribution is 0.0596. The first-order valence-electron chi connectivity index (χ1n) is 7.47. The van der Waals surface area contributed by atoms with Crippen LogP contribution in [-0.2, 0) is 4.74 Å². The summed E-state index contributed by atoms with van der Waals surface area (Å²) < 4.78 is 4.97. The molecular formula is C20H15NO2. The Morgan fingerprint density at radius 3 is 2.39 bits per heavy atom. The Bertz CT molecular complexity index is 1020. The Balaban J connectivity index is 2.13. The van der Waals surface area contributed by atoms with Gasteiger partial charge in [0.2, 0.25) is 0 Å². The molecule has 112 valence electrons. The first-order valence-corrected chi connectivity index (χ1v) is 7.47. The molecule has 1 N–H and O–H groups in total. The molecule has 0 aliphatic carbocycles. The zero-order valence-electron chi connectivity index (χ0n) is 12.7. The third kappa shape index (κ3) is 2.09. The van der Waals surface area contributed by atoms with Crippen molar-refractivity contribution in [2.24, 2.45) is 0 Å². The summed E-state index contributed by atoms with van der Waals surface area (Å²) in [4.78, 5) is 15.5. The van der Waals surface area contributed by atoms with Gasteiger partial charge in [-0.2, -0.15) is 0 Å². The van der Waals surface area contributed by atoms with E-state index in [1.807, 2.05) is 48.5 Å². The lowest BCUT2D eigenvalue weighted by Crippen LogP contribution is -2.03. The Kier molecular flexibility index (Phi) is 3.12. The van der Waals surface area contributed by atoms with Gasteiger partial charge in [0.1, 0.15) is 5.69 Å². The third-order valence-electron chi connectivity index (χ3n) is 4.15. The van der Waals surface area contributed by atoms with Gasteiger partial charge in [0.05, 0.1) is 7.11 Å². The Morgan fingerprint density at radius 1 is 0.870 bits per heavy atom. The topological polar surface area (TPSA) is 42.1 Å². The third-order valence-corrected chi connectivity index (χ3v) is 4.15. The molecule has 0 aliphatic rings. The molecule has 4 aromatic rings. The number of nitrogens with one attached hydrogen (secondary N) is 1. The Morgan fingerprint density at radius 2 is 1.57 bits per heavy atom. The molecule has 0 saturated carbocycles. The van der Waals surface area contributed by atoms with Crippen molar-refractivity contribution >= 4 is 27.6 Å². The highest BCUT2D eigenvalue weighted by Crippen LogP contribution is 2.36. The number of carbonyl (C=O) groups is 1. The van der Waals surface area contributed by atoms with Gasteiger partial charge in [0.25, 0.3) is 0 Å². The average molecular weight is 301 g/mol. The van der Waals surface area contributed by atoms with Crippen LogP contribution in [0, 0.1) is 0 Å². The molecule has 0 unspecified atom stereocenters. The smallest absolute Gasteiger partial charge is 0.355 e. The van der Waals surface area contributed by atoms with Crippen LogP contribution in [0.3, 0.4) is 0 Å². The molecule has 0 aliphatic heterocycles. The summed E-state index contributed by atoms with van der Waals surface area (Å²) in [6.45, 7) is 0. The number of ether oxygens (including phenoxy) is 1. The number of esters is 1. The summed E-state index contributed by atoms with van der Waals surface area (Å²) in [6.07, 6.45) is 0. The summed E-state index contributed by atoms with van der Waals surface area (Å²) >= 11 is 0. The predicted octanol–water partition coefficient (Wildman–Crippen LogP) is 4.77. The molecule has 1 heterocycles. The van der Waals surface area contributed by atoms with Crippen LogP contribution in [0.25, 0.3) is 32.8 Å². The highest BCUT2D eigenvalue weighted by Gasteiger charge is 2.20. The molecule has 3 heteroatoms. The number of para-hydroxylation sites is 1. The van der Waals surface area contributed by atoms with E-state index in [2.05, 4.69) is 23.2 Å². The minimum atomic E-state index is -0.357. The molecule has 0 amide bonds. The summed E-state index contributed by atoms with van der Waals surface area (Å²) in [7, 11) is 1.40. The van der Waals surface area contributed by atoms with Crippen molar-refractivity contribution in [3.05, 3.63) is 72.4 Å². The fraction of sp³-hybridized carbons (Fsp3) is 0.0500. The van der Waals surface area contributed by atoms with Crippen molar-refractivity contribution in [1.29, 1.82) is 0 Å². The molecular weight excluding hydrogens is 286 g/mol. The van der Waals surface area contributed by atoms with Crippen molar-refractivity contribution in [3.63, 3.8) is 0 Å². The first-order chi connectivity index (χ1) is 11.3. The van der Waals surface area contributed by atoms with Crippen LogP contribution in [0.2, 0.25) is 0 Å². The summed E-state index contributed by atoms with van der Waals surface area (Å²) in [5, 5.41) is 3.28. The molecule has 0 fully saturated rings. The molecule has 0 saturated heterocycles. The van der Waals surface area contributed by atoms with Crippen molar-refractivity contribution in [3.8, 4) is 11.1 Å². The number of methoxy groups -OCH3 is 1. The normalized spacial score (nSPS) is 11.0. The van der Waals surface area contributed by atoms with E-state index in [1.165, 1.54) is 7.11 Å². The van der Waals surface area contributed by atoms with Gasteiger partial charge in [-0.05, 0) is 22.4 Å². The SMILES string of the molecule is COC(=O)c1[nH]c2ccccc2c1-c1cccc2ccccc12. The van der Waals surface area contributed by atoms with Crippen LogP contribution in [-0.4, -0.2) is 18.1 Å². The van der Waals surface area contributed by atoms with Crippen LogP contribution in [0.1, 0.15) is 10.5 Å². The van der Waals surface area contributed by atoms with Gasteiger partial charge in [-0.3, -0.25) is 0 Å². The van der Waals surface area contributed by atoms with Crippen LogP contribution >= 0.6 is 0 Å². The van der Waals surface area contributed by atoms with E-state index in [4.69, 9.17) is 4.74 Å². The van der Waals surface area contributed by atoms with Gasteiger partial charge in [-0.15, -0.1) is 0 Å². The van der Waals surface area contributed by atoms with Crippen molar-refractivity contribution in [2.75, 3.05) is 7.11 Å². The highest BCUT2D eigenvalue weighted by molar-refractivity contribution is 6.12. The second kappa shape index (κ2) is 5.29. The summed E-state index contributed by atoms with van der Waals surface area (Å²) in [5.41, 5.74) is 3.34. The van der Waals surface area contributed by atoms with Gasteiger partial charge in [-0.25, -0.2) is 4.79 Å².